The first-order valence-corrected chi connectivity index (χ1v) is 10.2. The van der Waals surface area contributed by atoms with Crippen LogP contribution in [-0.4, -0.2) is 58.1 Å². The maximum Gasteiger partial charge on any atom is 0.348 e. The molecule has 2 N–H and O–H groups in total. The number of fused-ring (bicyclic) bond motifs is 4. The lowest BCUT2D eigenvalue weighted by Gasteiger charge is -2.64. The molecule has 0 amide bonds. The van der Waals surface area contributed by atoms with Crippen LogP contribution in [0.4, 0.5) is 0 Å². The SMILES string of the molecule is C[C@@H]1CC[C@@]2(O)C13C[C@@H](OC(=O)[C@@H]3OC(=O)c1ccccc1)[C@@]1(O)C(=O)OC[C@@]21C. The van der Waals surface area contributed by atoms with Gasteiger partial charge in [-0.25, -0.2) is 14.4 Å². The molecule has 160 valence electrons. The quantitative estimate of drug-likeness (QED) is 0.541. The van der Waals surface area contributed by atoms with Gasteiger partial charge in [0.25, 0.3) is 0 Å². The molecule has 2 saturated heterocycles. The Morgan fingerprint density at radius 2 is 1.90 bits per heavy atom. The van der Waals surface area contributed by atoms with Crippen molar-refractivity contribution in [1.82, 2.24) is 0 Å². The first-order valence-electron chi connectivity index (χ1n) is 10.2. The topological polar surface area (TPSA) is 119 Å². The van der Waals surface area contributed by atoms with Gasteiger partial charge in [0.15, 0.2) is 0 Å². The summed E-state index contributed by atoms with van der Waals surface area (Å²) in [5, 5.41) is 23.5. The van der Waals surface area contributed by atoms with Crippen LogP contribution >= 0.6 is 0 Å². The van der Waals surface area contributed by atoms with E-state index in [-0.39, 0.29) is 30.9 Å². The molecule has 2 heterocycles. The second-order valence-electron chi connectivity index (χ2n) is 9.30. The van der Waals surface area contributed by atoms with E-state index in [1.165, 1.54) is 0 Å². The number of rotatable bonds is 2. The lowest BCUT2D eigenvalue weighted by molar-refractivity contribution is -0.319. The predicted molar refractivity (Wildman–Crippen MR) is 99.9 cm³/mol. The summed E-state index contributed by atoms with van der Waals surface area (Å²) in [5.41, 5.74) is -6.16. The maximum atomic E-state index is 13.1. The lowest BCUT2D eigenvalue weighted by Crippen LogP contribution is -2.80. The van der Waals surface area contributed by atoms with Gasteiger partial charge in [0.05, 0.1) is 22.0 Å². The van der Waals surface area contributed by atoms with Crippen LogP contribution in [0.2, 0.25) is 0 Å². The van der Waals surface area contributed by atoms with Gasteiger partial charge in [0.2, 0.25) is 11.7 Å². The van der Waals surface area contributed by atoms with E-state index in [9.17, 15) is 24.6 Å². The molecule has 1 spiro atoms. The molecule has 0 radical (unpaired) electrons. The molecular formula is C22H24O8. The molecule has 8 heteroatoms. The number of ether oxygens (including phenoxy) is 3. The molecule has 2 saturated carbocycles. The highest BCUT2D eigenvalue weighted by Gasteiger charge is 2.86. The second-order valence-corrected chi connectivity index (χ2v) is 9.30. The lowest BCUT2D eigenvalue weighted by atomic mass is 9.44. The van der Waals surface area contributed by atoms with E-state index in [0.717, 1.165) is 0 Å². The first kappa shape index (κ1) is 19.5. The zero-order valence-corrected chi connectivity index (χ0v) is 16.8. The van der Waals surface area contributed by atoms with Gasteiger partial charge in [-0.1, -0.05) is 25.1 Å². The van der Waals surface area contributed by atoms with Gasteiger partial charge in [-0.3, -0.25) is 0 Å². The van der Waals surface area contributed by atoms with Gasteiger partial charge in [-0.05, 0) is 37.8 Å². The van der Waals surface area contributed by atoms with E-state index in [4.69, 9.17) is 14.2 Å². The average molecular weight is 416 g/mol. The number of benzene rings is 1. The van der Waals surface area contributed by atoms with Crippen LogP contribution in [0, 0.1) is 16.7 Å². The summed E-state index contributed by atoms with van der Waals surface area (Å²) in [4.78, 5) is 38.4. The van der Waals surface area contributed by atoms with Crippen LogP contribution in [0.1, 0.15) is 43.5 Å². The highest BCUT2D eigenvalue weighted by atomic mass is 16.6. The molecule has 2 aliphatic carbocycles. The second kappa shape index (κ2) is 5.82. The number of aliphatic hydroxyl groups is 2. The summed E-state index contributed by atoms with van der Waals surface area (Å²) in [6, 6.07) is 8.27. The van der Waals surface area contributed by atoms with Crippen molar-refractivity contribution in [2.45, 2.75) is 56.5 Å². The van der Waals surface area contributed by atoms with Crippen LogP contribution in [0.15, 0.2) is 30.3 Å². The Morgan fingerprint density at radius 3 is 2.60 bits per heavy atom. The number of hydrogen-bond acceptors (Lipinski definition) is 8. The Bertz CT molecular complexity index is 946. The van der Waals surface area contributed by atoms with E-state index in [0.29, 0.717) is 6.42 Å². The van der Waals surface area contributed by atoms with Crippen molar-refractivity contribution >= 4 is 17.9 Å². The third-order valence-electron chi connectivity index (χ3n) is 8.31. The third-order valence-corrected chi connectivity index (χ3v) is 8.31. The van der Waals surface area contributed by atoms with E-state index in [2.05, 4.69) is 0 Å². The van der Waals surface area contributed by atoms with Crippen molar-refractivity contribution in [3.8, 4) is 0 Å². The summed E-state index contributed by atoms with van der Waals surface area (Å²) in [6.45, 7) is 3.27. The molecular weight excluding hydrogens is 392 g/mol. The third kappa shape index (κ3) is 1.92. The van der Waals surface area contributed by atoms with Crippen molar-refractivity contribution in [3.05, 3.63) is 35.9 Å². The number of hydrogen-bond donors (Lipinski definition) is 2. The molecule has 2 bridgehead atoms. The molecule has 4 fully saturated rings. The molecule has 1 aromatic rings. The van der Waals surface area contributed by atoms with Gasteiger partial charge in [0, 0.05) is 6.42 Å². The highest BCUT2D eigenvalue weighted by Crippen LogP contribution is 2.72. The van der Waals surface area contributed by atoms with Gasteiger partial charge >= 0.3 is 17.9 Å². The summed E-state index contributed by atoms with van der Waals surface area (Å²) in [5.74, 6) is -2.68. The zero-order chi connectivity index (χ0) is 21.5. The highest BCUT2D eigenvalue weighted by molar-refractivity contribution is 5.93. The van der Waals surface area contributed by atoms with Gasteiger partial charge in [-0.15, -0.1) is 0 Å². The van der Waals surface area contributed by atoms with Crippen LogP contribution in [-0.2, 0) is 23.8 Å². The largest absolute Gasteiger partial charge is 0.463 e. The molecule has 30 heavy (non-hydrogen) atoms. The van der Waals surface area contributed by atoms with Gasteiger partial charge < -0.3 is 24.4 Å². The predicted octanol–water partition coefficient (Wildman–Crippen LogP) is 0.983. The molecule has 1 aromatic carbocycles. The Morgan fingerprint density at radius 1 is 1.20 bits per heavy atom. The standard InChI is InChI=1S/C22H24O8/c1-12-8-9-21(26)19(2)11-28-18(25)22(19,27)14-10-20(12,21)15(17(24)29-14)30-16(23)13-6-4-3-5-7-13/h3-7,12,14-15,26-27H,8-11H2,1-2H3/t12-,14-,15+,19+,20?,21+,22-/m1/s1. The number of esters is 3. The van der Waals surface area contributed by atoms with Crippen molar-refractivity contribution in [3.63, 3.8) is 0 Å². The zero-order valence-electron chi connectivity index (χ0n) is 16.8. The van der Waals surface area contributed by atoms with Crippen LogP contribution in [0.5, 0.6) is 0 Å². The summed E-state index contributed by atoms with van der Waals surface area (Å²) >= 11 is 0. The van der Waals surface area contributed by atoms with Crippen molar-refractivity contribution in [1.29, 1.82) is 0 Å². The minimum absolute atomic E-state index is 0.00430. The fourth-order valence-corrected chi connectivity index (χ4v) is 6.54. The molecule has 8 nitrogen and oxygen atoms in total. The van der Waals surface area contributed by atoms with Crippen molar-refractivity contribution in [2.75, 3.05) is 6.61 Å². The Labute approximate surface area is 173 Å². The van der Waals surface area contributed by atoms with Crippen LogP contribution in [0.3, 0.4) is 0 Å². The monoisotopic (exact) mass is 416 g/mol. The van der Waals surface area contributed by atoms with E-state index in [1.54, 1.807) is 37.3 Å². The first-order chi connectivity index (χ1) is 14.1. The molecule has 7 atom stereocenters. The minimum Gasteiger partial charge on any atom is -0.463 e. The maximum absolute atomic E-state index is 13.1. The van der Waals surface area contributed by atoms with Crippen molar-refractivity contribution < 1.29 is 38.8 Å². The number of carbonyl (C=O) groups excluding carboxylic acids is 3. The average Bonchev–Trinajstić information content (AvgIpc) is 3.14. The van der Waals surface area contributed by atoms with Crippen LogP contribution < -0.4 is 0 Å². The summed E-state index contributed by atoms with van der Waals surface area (Å²) in [7, 11) is 0. The molecule has 1 unspecified atom stereocenters. The summed E-state index contributed by atoms with van der Waals surface area (Å²) in [6.07, 6.45) is -1.76. The van der Waals surface area contributed by atoms with Gasteiger partial charge in [-0.2, -0.15) is 0 Å². The van der Waals surface area contributed by atoms with Crippen LogP contribution in [0.25, 0.3) is 0 Å². The molecule has 2 aliphatic heterocycles. The molecule has 5 rings (SSSR count). The van der Waals surface area contributed by atoms with E-state index >= 15 is 0 Å². The van der Waals surface area contributed by atoms with E-state index < -0.39 is 52.1 Å². The number of cyclic esters (lactones) is 1. The Kier molecular flexibility index (Phi) is 3.79. The number of carbonyl (C=O) groups is 3. The smallest absolute Gasteiger partial charge is 0.348 e. The van der Waals surface area contributed by atoms with Crippen molar-refractivity contribution in [2.24, 2.45) is 16.7 Å². The fourth-order valence-electron chi connectivity index (χ4n) is 6.54. The normalized spacial score (nSPS) is 46.5. The minimum atomic E-state index is -2.15. The van der Waals surface area contributed by atoms with E-state index in [1.807, 2.05) is 6.92 Å². The Balaban J connectivity index is 1.64. The molecule has 0 aromatic heterocycles. The fraction of sp³-hybridized carbons (Fsp3) is 0.591. The summed E-state index contributed by atoms with van der Waals surface area (Å²) < 4.78 is 16.4. The molecule has 4 aliphatic rings. The Hall–Kier alpha value is -2.45. The van der Waals surface area contributed by atoms with Gasteiger partial charge in [0.1, 0.15) is 12.7 Å².